The molecule has 0 radical (unpaired) electrons. The first-order valence-corrected chi connectivity index (χ1v) is 17.0. The number of amides is 5. The topological polar surface area (TPSA) is 179 Å². The molecule has 0 bridgehead atoms. The van der Waals surface area contributed by atoms with Crippen molar-refractivity contribution >= 4 is 46.6 Å². The van der Waals surface area contributed by atoms with Gasteiger partial charge in [-0.2, -0.15) is 0 Å². The van der Waals surface area contributed by atoms with Crippen LogP contribution in [0.1, 0.15) is 62.4 Å². The van der Waals surface area contributed by atoms with Crippen molar-refractivity contribution < 1.29 is 43.3 Å². The van der Waals surface area contributed by atoms with E-state index in [-0.39, 0.29) is 88.1 Å². The second kappa shape index (κ2) is 16.4. The first kappa shape index (κ1) is 35.4. The fourth-order valence-corrected chi connectivity index (χ4v) is 6.59. The molecule has 1 aromatic heterocycles. The third-order valence-electron chi connectivity index (χ3n) is 9.26. The molecule has 2 N–H and O–H groups in total. The number of aliphatic carboxylic acids is 1. The summed E-state index contributed by atoms with van der Waals surface area (Å²) < 4.78 is 11.0. The molecule has 2 aliphatic heterocycles. The van der Waals surface area contributed by atoms with Gasteiger partial charge in [-0.15, -0.1) is 0 Å². The Balaban J connectivity index is 1.25. The third-order valence-corrected chi connectivity index (χ3v) is 9.26. The summed E-state index contributed by atoms with van der Waals surface area (Å²) in [6.07, 6.45) is 4.41. The zero-order valence-electron chi connectivity index (χ0n) is 27.8. The minimum atomic E-state index is -1.17. The fraction of sp³-hybridized carbons (Fsp3) is 0.559. The molecule has 0 spiro atoms. The molecule has 1 unspecified atom stereocenters. The van der Waals surface area contributed by atoms with Crippen LogP contribution in [0.2, 0.25) is 0 Å². The van der Waals surface area contributed by atoms with E-state index in [4.69, 9.17) is 9.47 Å². The van der Waals surface area contributed by atoms with E-state index >= 15 is 0 Å². The Morgan fingerprint density at radius 2 is 1.65 bits per heavy atom. The van der Waals surface area contributed by atoms with Crippen molar-refractivity contribution in [2.45, 2.75) is 64.0 Å². The first-order valence-electron chi connectivity index (χ1n) is 17.0. The number of hydrogen-bond acceptors (Lipinski definition) is 9. The lowest BCUT2D eigenvalue weighted by atomic mass is 9.93. The van der Waals surface area contributed by atoms with Gasteiger partial charge >= 0.3 is 12.1 Å². The highest BCUT2D eigenvalue weighted by molar-refractivity contribution is 5.99. The van der Waals surface area contributed by atoms with Crippen LogP contribution in [0.4, 0.5) is 4.79 Å². The van der Waals surface area contributed by atoms with Crippen LogP contribution < -0.4 is 10.1 Å². The van der Waals surface area contributed by atoms with Crippen molar-refractivity contribution in [1.82, 2.24) is 29.9 Å². The smallest absolute Gasteiger partial charge is 0.409 e. The van der Waals surface area contributed by atoms with Gasteiger partial charge in [0.1, 0.15) is 17.5 Å². The maximum Gasteiger partial charge on any atom is 0.409 e. The van der Waals surface area contributed by atoms with E-state index in [1.807, 2.05) is 4.90 Å². The summed E-state index contributed by atoms with van der Waals surface area (Å²) in [5.41, 5.74) is 0.329. The van der Waals surface area contributed by atoms with Crippen LogP contribution >= 0.6 is 0 Å². The molecular formula is C34H44N6O9. The Labute approximate surface area is 284 Å². The van der Waals surface area contributed by atoms with Crippen LogP contribution in [0.15, 0.2) is 30.3 Å². The van der Waals surface area contributed by atoms with Crippen LogP contribution in [0.25, 0.3) is 10.9 Å². The molecule has 3 aliphatic rings. The van der Waals surface area contributed by atoms with Crippen molar-refractivity contribution in [1.29, 1.82) is 0 Å². The largest absolute Gasteiger partial charge is 0.483 e. The Morgan fingerprint density at radius 1 is 0.959 bits per heavy atom. The SMILES string of the molecule is CCOC(=O)N1CCN(C(=O)C(CCC(=O)O)NC(=O)c2cc(OCC(=O)N3CCN(C4CCCCC4)C(=O)C3)c3ccccc3n2)CC1. The summed E-state index contributed by atoms with van der Waals surface area (Å²) in [7, 11) is 0. The van der Waals surface area contributed by atoms with Crippen LogP contribution in [0.5, 0.6) is 5.75 Å². The molecule has 49 heavy (non-hydrogen) atoms. The predicted molar refractivity (Wildman–Crippen MR) is 176 cm³/mol. The zero-order valence-corrected chi connectivity index (χ0v) is 27.8. The second-order valence-electron chi connectivity index (χ2n) is 12.5. The van der Waals surface area contributed by atoms with Gasteiger partial charge in [0.05, 0.1) is 18.7 Å². The summed E-state index contributed by atoms with van der Waals surface area (Å²) >= 11 is 0. The normalized spacial score (nSPS) is 17.9. The average molecular weight is 681 g/mol. The van der Waals surface area contributed by atoms with Crippen LogP contribution in [0.3, 0.4) is 0 Å². The van der Waals surface area contributed by atoms with E-state index in [0.717, 1.165) is 25.7 Å². The number of fused-ring (bicyclic) bond motifs is 1. The lowest BCUT2D eigenvalue weighted by Crippen LogP contribution is -2.56. The molecule has 15 heteroatoms. The third kappa shape index (κ3) is 8.95. The highest BCUT2D eigenvalue weighted by Gasteiger charge is 2.33. The molecule has 5 rings (SSSR count). The molecule has 264 valence electrons. The molecule has 5 amide bonds. The standard InChI is InChI=1S/C34H44N6O9/c1-2-48-34(47)38-16-14-37(15-17-38)33(46)26(12-13-31(43)44)36-32(45)27-20-28(24-10-6-7-11-25(24)35-27)49-22-30(42)39-18-19-40(29(41)21-39)23-8-4-3-5-9-23/h6-7,10-11,20,23,26H,2-5,8-9,12-19,21-22H2,1H3,(H,36,45)(H,43,44). The lowest BCUT2D eigenvalue weighted by Gasteiger charge is -2.40. The number of pyridine rings is 1. The van der Waals surface area contributed by atoms with Gasteiger partial charge in [0.2, 0.25) is 11.8 Å². The number of carbonyl (C=O) groups is 6. The van der Waals surface area contributed by atoms with Gasteiger partial charge in [-0.05, 0) is 38.3 Å². The van der Waals surface area contributed by atoms with Gasteiger partial charge in [0, 0.05) is 63.2 Å². The van der Waals surface area contributed by atoms with Crippen LogP contribution in [-0.2, 0) is 23.9 Å². The van der Waals surface area contributed by atoms with Crippen molar-refractivity contribution in [2.75, 3.05) is 59.0 Å². The van der Waals surface area contributed by atoms with E-state index in [1.54, 1.807) is 31.2 Å². The Kier molecular flexibility index (Phi) is 11.9. The van der Waals surface area contributed by atoms with Crippen molar-refractivity contribution in [3.8, 4) is 5.75 Å². The number of hydrogen-bond donors (Lipinski definition) is 2. The first-order chi connectivity index (χ1) is 23.6. The number of piperazine rings is 2. The second-order valence-corrected chi connectivity index (χ2v) is 12.5. The summed E-state index contributed by atoms with van der Waals surface area (Å²) in [5, 5.41) is 12.5. The van der Waals surface area contributed by atoms with Gasteiger partial charge in [0.15, 0.2) is 6.61 Å². The van der Waals surface area contributed by atoms with Crippen molar-refractivity contribution in [3.05, 3.63) is 36.0 Å². The average Bonchev–Trinajstić information content (AvgIpc) is 3.12. The number of benzene rings is 1. The van der Waals surface area contributed by atoms with Crippen LogP contribution in [0, 0.1) is 0 Å². The summed E-state index contributed by atoms with van der Waals surface area (Å²) in [6, 6.07) is 7.38. The Morgan fingerprint density at radius 3 is 2.35 bits per heavy atom. The highest BCUT2D eigenvalue weighted by Crippen LogP contribution is 2.27. The Bertz CT molecular complexity index is 1550. The minimum Gasteiger partial charge on any atom is -0.483 e. The number of aromatic nitrogens is 1. The summed E-state index contributed by atoms with van der Waals surface area (Å²) in [4.78, 5) is 87.4. The van der Waals surface area contributed by atoms with Gasteiger partial charge in [-0.25, -0.2) is 9.78 Å². The van der Waals surface area contributed by atoms with E-state index in [1.165, 1.54) is 27.2 Å². The number of nitrogens with one attached hydrogen (secondary N) is 1. The number of para-hydroxylation sites is 1. The molecule has 1 saturated carbocycles. The quantitative estimate of drug-likeness (QED) is 0.356. The number of carboxylic acids is 1. The molecule has 3 fully saturated rings. The lowest BCUT2D eigenvalue weighted by molar-refractivity contribution is -0.148. The molecule has 1 aromatic carbocycles. The van der Waals surface area contributed by atoms with E-state index in [2.05, 4.69) is 10.3 Å². The molecule has 3 heterocycles. The number of rotatable bonds is 11. The molecule has 1 aliphatic carbocycles. The molecule has 2 aromatic rings. The van der Waals surface area contributed by atoms with E-state index in [0.29, 0.717) is 24.0 Å². The summed E-state index contributed by atoms with van der Waals surface area (Å²) in [6.45, 7) is 3.33. The van der Waals surface area contributed by atoms with Gasteiger partial charge in [0.25, 0.3) is 11.8 Å². The summed E-state index contributed by atoms with van der Waals surface area (Å²) in [5.74, 6) is -2.52. The van der Waals surface area contributed by atoms with Crippen molar-refractivity contribution in [2.24, 2.45) is 0 Å². The van der Waals surface area contributed by atoms with E-state index < -0.39 is 29.9 Å². The predicted octanol–water partition coefficient (Wildman–Crippen LogP) is 1.88. The Hall–Kier alpha value is -4.95. The number of carbonyl (C=O) groups excluding carboxylic acids is 5. The highest BCUT2D eigenvalue weighted by atomic mass is 16.6. The maximum atomic E-state index is 13.5. The monoisotopic (exact) mass is 680 g/mol. The minimum absolute atomic E-state index is 0.00687. The fourth-order valence-electron chi connectivity index (χ4n) is 6.59. The molecule has 2 saturated heterocycles. The maximum absolute atomic E-state index is 13.5. The van der Waals surface area contributed by atoms with Gasteiger partial charge in [-0.1, -0.05) is 31.4 Å². The zero-order chi connectivity index (χ0) is 34.9. The molecule has 15 nitrogen and oxygen atoms in total. The van der Waals surface area contributed by atoms with E-state index in [9.17, 15) is 33.9 Å². The van der Waals surface area contributed by atoms with Gasteiger partial charge < -0.3 is 39.5 Å². The van der Waals surface area contributed by atoms with Gasteiger partial charge in [-0.3, -0.25) is 24.0 Å². The number of nitrogens with zero attached hydrogens (tertiary/aromatic N) is 5. The van der Waals surface area contributed by atoms with Crippen LogP contribution in [-0.4, -0.2) is 136 Å². The van der Waals surface area contributed by atoms with Crippen molar-refractivity contribution in [3.63, 3.8) is 0 Å². The molecule has 1 atom stereocenters. The number of carboxylic acid groups (broad SMARTS) is 1. The molecular weight excluding hydrogens is 636 g/mol. The number of ether oxygens (including phenoxy) is 2.